The van der Waals surface area contributed by atoms with Gasteiger partial charge in [0.25, 0.3) is 0 Å². The van der Waals surface area contributed by atoms with Crippen molar-refractivity contribution in [2.45, 2.75) is 57.2 Å². The number of methoxy groups -OCH3 is 1. The summed E-state index contributed by atoms with van der Waals surface area (Å²) in [5.74, 6) is -0.0265. The number of alkyl carbamates (subject to hydrolysis) is 1. The standard InChI is InChI=1S/C14H23N3O4/c1-9(18)15-10-3-5-11(6-4-10)17-8-7-12(13(17)19)16-14(20)21-2/h10-12H,3-8H2,1-2H3,(H,15,18)(H,16,20)/t10-,11-,12-/m1/s1. The lowest BCUT2D eigenvalue weighted by atomic mass is 9.90. The van der Waals surface area contributed by atoms with Crippen LogP contribution in [0.3, 0.4) is 0 Å². The Balaban J connectivity index is 1.83. The maximum Gasteiger partial charge on any atom is 0.407 e. The molecule has 0 aromatic rings. The van der Waals surface area contributed by atoms with Crippen molar-refractivity contribution < 1.29 is 19.1 Å². The lowest BCUT2D eigenvalue weighted by molar-refractivity contribution is -0.132. The zero-order valence-electron chi connectivity index (χ0n) is 12.6. The first-order chi connectivity index (χ1) is 10.0. The van der Waals surface area contributed by atoms with Crippen molar-refractivity contribution in [3.63, 3.8) is 0 Å². The molecule has 3 amide bonds. The van der Waals surface area contributed by atoms with E-state index in [1.165, 1.54) is 14.0 Å². The lowest BCUT2D eigenvalue weighted by Gasteiger charge is -2.34. The molecule has 118 valence electrons. The van der Waals surface area contributed by atoms with E-state index < -0.39 is 12.1 Å². The summed E-state index contributed by atoms with van der Waals surface area (Å²) in [6.45, 7) is 2.20. The molecule has 2 fully saturated rings. The van der Waals surface area contributed by atoms with Gasteiger partial charge in [-0.05, 0) is 32.1 Å². The molecule has 1 aliphatic carbocycles. The van der Waals surface area contributed by atoms with Crippen LogP contribution in [0, 0.1) is 0 Å². The number of rotatable bonds is 3. The van der Waals surface area contributed by atoms with Crippen LogP contribution >= 0.6 is 0 Å². The van der Waals surface area contributed by atoms with Crippen molar-refractivity contribution in [1.82, 2.24) is 15.5 Å². The quantitative estimate of drug-likeness (QED) is 0.789. The first-order valence-electron chi connectivity index (χ1n) is 7.43. The van der Waals surface area contributed by atoms with E-state index in [1.54, 1.807) is 0 Å². The number of hydrogen-bond acceptors (Lipinski definition) is 4. The van der Waals surface area contributed by atoms with Gasteiger partial charge < -0.3 is 20.3 Å². The maximum atomic E-state index is 12.3. The lowest BCUT2D eigenvalue weighted by Crippen LogP contribution is -2.47. The second-order valence-corrected chi connectivity index (χ2v) is 5.71. The fourth-order valence-corrected chi connectivity index (χ4v) is 3.22. The molecule has 7 heteroatoms. The third-order valence-corrected chi connectivity index (χ3v) is 4.26. The summed E-state index contributed by atoms with van der Waals surface area (Å²) in [7, 11) is 1.29. The molecule has 0 radical (unpaired) electrons. The Bertz CT molecular complexity index is 418. The molecule has 7 nitrogen and oxygen atoms in total. The zero-order valence-corrected chi connectivity index (χ0v) is 12.6. The van der Waals surface area contributed by atoms with Gasteiger partial charge in [-0.15, -0.1) is 0 Å². The van der Waals surface area contributed by atoms with E-state index in [-0.39, 0.29) is 23.9 Å². The van der Waals surface area contributed by atoms with Gasteiger partial charge in [0, 0.05) is 25.6 Å². The summed E-state index contributed by atoms with van der Waals surface area (Å²) in [6, 6.07) is -0.0297. The van der Waals surface area contributed by atoms with Gasteiger partial charge in [0.05, 0.1) is 7.11 Å². The highest BCUT2D eigenvalue weighted by Gasteiger charge is 2.38. The maximum absolute atomic E-state index is 12.3. The molecule has 0 spiro atoms. The third-order valence-electron chi connectivity index (χ3n) is 4.26. The second-order valence-electron chi connectivity index (χ2n) is 5.71. The van der Waals surface area contributed by atoms with Crippen LogP contribution in [-0.4, -0.2) is 54.6 Å². The average molecular weight is 297 g/mol. The Morgan fingerprint density at radius 3 is 2.38 bits per heavy atom. The summed E-state index contributed by atoms with van der Waals surface area (Å²) in [6.07, 6.45) is 3.62. The monoisotopic (exact) mass is 297 g/mol. The number of likely N-dealkylation sites (tertiary alicyclic amines) is 1. The van der Waals surface area contributed by atoms with Gasteiger partial charge in [-0.25, -0.2) is 4.79 Å². The van der Waals surface area contributed by atoms with Crippen LogP contribution in [0.15, 0.2) is 0 Å². The number of carbonyl (C=O) groups is 3. The van der Waals surface area contributed by atoms with E-state index in [2.05, 4.69) is 15.4 Å². The summed E-state index contributed by atoms with van der Waals surface area (Å²) in [5.41, 5.74) is 0. The van der Waals surface area contributed by atoms with Gasteiger partial charge in [-0.1, -0.05) is 0 Å². The van der Waals surface area contributed by atoms with Crippen molar-refractivity contribution >= 4 is 17.9 Å². The minimum absolute atomic E-state index is 0.00181. The van der Waals surface area contributed by atoms with Crippen LogP contribution < -0.4 is 10.6 Å². The average Bonchev–Trinajstić information content (AvgIpc) is 2.80. The van der Waals surface area contributed by atoms with Crippen molar-refractivity contribution in [3.8, 4) is 0 Å². The third kappa shape index (κ3) is 3.86. The summed E-state index contributed by atoms with van der Waals surface area (Å²) in [5, 5.41) is 5.50. The smallest absolute Gasteiger partial charge is 0.407 e. The topological polar surface area (TPSA) is 87.7 Å². The highest BCUT2D eigenvalue weighted by Crippen LogP contribution is 2.27. The van der Waals surface area contributed by atoms with E-state index in [1.807, 2.05) is 4.90 Å². The highest BCUT2D eigenvalue weighted by molar-refractivity contribution is 5.87. The Kier molecular flexibility index (Phi) is 5.03. The molecule has 0 aromatic heterocycles. The van der Waals surface area contributed by atoms with Gasteiger partial charge in [0.1, 0.15) is 6.04 Å². The van der Waals surface area contributed by atoms with Gasteiger partial charge >= 0.3 is 6.09 Å². The molecule has 0 bridgehead atoms. The van der Waals surface area contributed by atoms with E-state index in [0.717, 1.165) is 25.7 Å². The number of ether oxygens (including phenoxy) is 1. The van der Waals surface area contributed by atoms with Crippen molar-refractivity contribution in [1.29, 1.82) is 0 Å². The molecule has 1 saturated heterocycles. The van der Waals surface area contributed by atoms with E-state index in [9.17, 15) is 14.4 Å². The Morgan fingerprint density at radius 1 is 1.14 bits per heavy atom. The van der Waals surface area contributed by atoms with Crippen LogP contribution in [0.1, 0.15) is 39.0 Å². The normalized spacial score (nSPS) is 29.1. The molecule has 0 unspecified atom stereocenters. The predicted molar refractivity (Wildman–Crippen MR) is 75.5 cm³/mol. The van der Waals surface area contributed by atoms with E-state index in [4.69, 9.17) is 0 Å². The van der Waals surface area contributed by atoms with E-state index in [0.29, 0.717) is 13.0 Å². The first-order valence-corrected chi connectivity index (χ1v) is 7.43. The largest absolute Gasteiger partial charge is 0.453 e. The molecule has 1 saturated carbocycles. The first kappa shape index (κ1) is 15.6. The molecule has 2 N–H and O–H groups in total. The molecule has 1 aliphatic heterocycles. The minimum atomic E-state index is -0.565. The Hall–Kier alpha value is -1.79. The molecule has 2 rings (SSSR count). The van der Waals surface area contributed by atoms with Crippen LogP contribution in [-0.2, 0) is 14.3 Å². The van der Waals surface area contributed by atoms with Crippen molar-refractivity contribution in [2.24, 2.45) is 0 Å². The molecule has 1 heterocycles. The van der Waals surface area contributed by atoms with Gasteiger partial charge in [-0.3, -0.25) is 9.59 Å². The number of nitrogens with zero attached hydrogens (tertiary/aromatic N) is 1. The summed E-state index contributed by atoms with van der Waals surface area (Å²) < 4.78 is 4.53. The Morgan fingerprint density at radius 2 is 1.81 bits per heavy atom. The van der Waals surface area contributed by atoms with Crippen LogP contribution in [0.25, 0.3) is 0 Å². The molecular weight excluding hydrogens is 274 g/mol. The SMILES string of the molecule is COC(=O)N[C@@H]1CCN([C@H]2CC[C@H](NC(C)=O)CC2)C1=O. The Labute approximate surface area is 124 Å². The molecule has 2 aliphatic rings. The van der Waals surface area contributed by atoms with E-state index >= 15 is 0 Å². The van der Waals surface area contributed by atoms with Gasteiger partial charge in [0.15, 0.2) is 0 Å². The fourth-order valence-electron chi connectivity index (χ4n) is 3.22. The zero-order chi connectivity index (χ0) is 15.4. The number of carbonyl (C=O) groups excluding carboxylic acids is 3. The highest BCUT2D eigenvalue weighted by atomic mass is 16.5. The van der Waals surface area contributed by atoms with Crippen molar-refractivity contribution in [2.75, 3.05) is 13.7 Å². The van der Waals surface area contributed by atoms with Crippen LogP contribution in [0.2, 0.25) is 0 Å². The molecule has 0 aromatic carbocycles. The summed E-state index contributed by atoms with van der Waals surface area (Å²) in [4.78, 5) is 36.4. The molecule has 1 atom stereocenters. The molecule has 21 heavy (non-hydrogen) atoms. The number of hydrogen-bond donors (Lipinski definition) is 2. The second kappa shape index (κ2) is 6.78. The minimum Gasteiger partial charge on any atom is -0.453 e. The van der Waals surface area contributed by atoms with Crippen LogP contribution in [0.4, 0.5) is 4.79 Å². The molecular formula is C14H23N3O4. The van der Waals surface area contributed by atoms with Crippen molar-refractivity contribution in [3.05, 3.63) is 0 Å². The fraction of sp³-hybridized carbons (Fsp3) is 0.786. The van der Waals surface area contributed by atoms with Gasteiger partial charge in [0.2, 0.25) is 11.8 Å². The van der Waals surface area contributed by atoms with Crippen LogP contribution in [0.5, 0.6) is 0 Å². The summed E-state index contributed by atoms with van der Waals surface area (Å²) >= 11 is 0. The predicted octanol–water partition coefficient (Wildman–Crippen LogP) is 0.391. The number of amides is 3. The van der Waals surface area contributed by atoms with Gasteiger partial charge in [-0.2, -0.15) is 0 Å². The number of nitrogens with one attached hydrogen (secondary N) is 2.